The van der Waals surface area contributed by atoms with Crippen LogP contribution in [-0.4, -0.2) is 67.6 Å². The first kappa shape index (κ1) is 20.9. The quantitative estimate of drug-likeness (QED) is 0.707. The Morgan fingerprint density at radius 1 is 1.26 bits per heavy atom. The fraction of sp³-hybridized carbons (Fsp3) is 0.550. The number of nitrogens with zero attached hydrogens (tertiary/aromatic N) is 3. The molecule has 1 N–H and O–H groups in total. The zero-order valence-corrected chi connectivity index (χ0v) is 15.9. The Labute approximate surface area is 160 Å². The number of carbonyl (C=O) groups is 2. The molecule has 1 aromatic rings. The SMILES string of the molecule is CC(=O)NC(CC(=O)N(CCC#N)CCN1CCOCC1)c1ccccc1. The van der Waals surface area contributed by atoms with Crippen molar-refractivity contribution in [2.45, 2.75) is 25.8 Å². The van der Waals surface area contributed by atoms with Gasteiger partial charge in [-0.1, -0.05) is 30.3 Å². The molecule has 146 valence electrons. The molecule has 1 fully saturated rings. The molecule has 7 nitrogen and oxygen atoms in total. The molecule has 1 saturated heterocycles. The molecule has 0 radical (unpaired) electrons. The van der Waals surface area contributed by atoms with Gasteiger partial charge in [-0.05, 0) is 5.56 Å². The van der Waals surface area contributed by atoms with Gasteiger partial charge in [0, 0.05) is 39.6 Å². The van der Waals surface area contributed by atoms with Crippen LogP contribution < -0.4 is 5.32 Å². The summed E-state index contributed by atoms with van der Waals surface area (Å²) in [4.78, 5) is 28.5. The third kappa shape index (κ3) is 7.37. The highest BCUT2D eigenvalue weighted by atomic mass is 16.5. The first-order valence-corrected chi connectivity index (χ1v) is 9.37. The van der Waals surface area contributed by atoms with Crippen LogP contribution in [0.5, 0.6) is 0 Å². The second kappa shape index (κ2) is 11.3. The van der Waals surface area contributed by atoms with Crippen molar-refractivity contribution in [1.29, 1.82) is 5.26 Å². The zero-order chi connectivity index (χ0) is 19.5. The van der Waals surface area contributed by atoms with Gasteiger partial charge in [0.15, 0.2) is 0 Å². The van der Waals surface area contributed by atoms with Crippen molar-refractivity contribution in [2.75, 3.05) is 45.9 Å². The van der Waals surface area contributed by atoms with Crippen molar-refractivity contribution >= 4 is 11.8 Å². The molecule has 1 aliphatic heterocycles. The summed E-state index contributed by atoms with van der Waals surface area (Å²) in [6, 6.07) is 11.2. The number of hydrogen-bond acceptors (Lipinski definition) is 5. The van der Waals surface area contributed by atoms with Gasteiger partial charge in [0.05, 0.1) is 38.2 Å². The maximum absolute atomic E-state index is 12.9. The van der Waals surface area contributed by atoms with E-state index >= 15 is 0 Å². The minimum Gasteiger partial charge on any atom is -0.379 e. The number of nitrogens with one attached hydrogen (secondary N) is 1. The van der Waals surface area contributed by atoms with Crippen LogP contribution in [0.3, 0.4) is 0 Å². The van der Waals surface area contributed by atoms with E-state index in [2.05, 4.69) is 16.3 Å². The summed E-state index contributed by atoms with van der Waals surface area (Å²) in [5, 5.41) is 11.8. The van der Waals surface area contributed by atoms with E-state index in [-0.39, 0.29) is 24.3 Å². The number of hydrogen-bond donors (Lipinski definition) is 1. The molecule has 1 unspecified atom stereocenters. The maximum Gasteiger partial charge on any atom is 0.225 e. The van der Waals surface area contributed by atoms with E-state index in [0.29, 0.717) is 32.7 Å². The van der Waals surface area contributed by atoms with Crippen LogP contribution in [0.4, 0.5) is 0 Å². The summed E-state index contributed by atoms with van der Waals surface area (Å²) in [7, 11) is 0. The predicted octanol–water partition coefficient (Wildman–Crippen LogP) is 1.33. The van der Waals surface area contributed by atoms with Crippen molar-refractivity contribution in [3.05, 3.63) is 35.9 Å². The molecule has 0 saturated carbocycles. The summed E-state index contributed by atoms with van der Waals surface area (Å²) < 4.78 is 5.35. The van der Waals surface area contributed by atoms with E-state index in [4.69, 9.17) is 10.00 Å². The predicted molar refractivity (Wildman–Crippen MR) is 102 cm³/mol. The van der Waals surface area contributed by atoms with Crippen molar-refractivity contribution in [3.63, 3.8) is 0 Å². The maximum atomic E-state index is 12.9. The van der Waals surface area contributed by atoms with E-state index in [0.717, 1.165) is 25.2 Å². The Morgan fingerprint density at radius 2 is 1.96 bits per heavy atom. The number of benzene rings is 1. The highest BCUT2D eigenvalue weighted by Crippen LogP contribution is 2.18. The van der Waals surface area contributed by atoms with Gasteiger partial charge >= 0.3 is 0 Å². The molecule has 1 aromatic carbocycles. The fourth-order valence-electron chi connectivity index (χ4n) is 3.12. The Bertz CT molecular complexity index is 638. The van der Waals surface area contributed by atoms with Crippen LogP contribution in [0.25, 0.3) is 0 Å². The normalized spacial score (nSPS) is 15.6. The minimum atomic E-state index is -0.371. The Hall–Kier alpha value is -2.43. The highest BCUT2D eigenvalue weighted by molar-refractivity contribution is 5.79. The lowest BCUT2D eigenvalue weighted by molar-refractivity contribution is -0.132. The molecule has 1 atom stereocenters. The Balaban J connectivity index is 2.00. The molecule has 2 amide bonds. The van der Waals surface area contributed by atoms with Crippen LogP contribution in [0, 0.1) is 11.3 Å². The van der Waals surface area contributed by atoms with Crippen molar-refractivity contribution in [3.8, 4) is 6.07 Å². The van der Waals surface area contributed by atoms with Crippen molar-refractivity contribution in [1.82, 2.24) is 15.1 Å². The third-order valence-electron chi connectivity index (χ3n) is 4.59. The molecule has 27 heavy (non-hydrogen) atoms. The number of carbonyl (C=O) groups excluding carboxylic acids is 2. The monoisotopic (exact) mass is 372 g/mol. The topological polar surface area (TPSA) is 85.7 Å². The van der Waals surface area contributed by atoms with E-state index in [9.17, 15) is 9.59 Å². The molecule has 1 aliphatic rings. The summed E-state index contributed by atoms with van der Waals surface area (Å²) in [6.07, 6.45) is 0.475. The molecule has 1 heterocycles. The second-order valence-electron chi connectivity index (χ2n) is 6.61. The van der Waals surface area contributed by atoms with Crippen LogP contribution in [0.2, 0.25) is 0 Å². The van der Waals surface area contributed by atoms with Gasteiger partial charge in [-0.2, -0.15) is 5.26 Å². The molecule has 7 heteroatoms. The summed E-state index contributed by atoms with van der Waals surface area (Å²) in [6.45, 7) is 6.33. The number of ether oxygens (including phenoxy) is 1. The van der Waals surface area contributed by atoms with Crippen LogP contribution in [0.1, 0.15) is 31.4 Å². The van der Waals surface area contributed by atoms with E-state index in [1.165, 1.54) is 6.92 Å². The van der Waals surface area contributed by atoms with E-state index < -0.39 is 0 Å². The lowest BCUT2D eigenvalue weighted by atomic mass is 10.0. The first-order chi connectivity index (χ1) is 13.1. The van der Waals surface area contributed by atoms with Gasteiger partial charge < -0.3 is 15.0 Å². The molecule has 0 bridgehead atoms. The average Bonchev–Trinajstić information content (AvgIpc) is 2.68. The molecule has 0 aliphatic carbocycles. The standard InChI is InChI=1S/C20H28N4O3/c1-17(25)22-19(18-6-3-2-4-7-18)16-20(26)24(9-5-8-21)11-10-23-12-14-27-15-13-23/h2-4,6-7,19H,5,9-16H2,1H3,(H,22,25). The largest absolute Gasteiger partial charge is 0.379 e. The third-order valence-corrected chi connectivity index (χ3v) is 4.59. The van der Waals surface area contributed by atoms with Gasteiger partial charge in [0.1, 0.15) is 0 Å². The lowest BCUT2D eigenvalue weighted by Crippen LogP contribution is -2.44. The Kier molecular flexibility index (Phi) is 8.75. The van der Waals surface area contributed by atoms with E-state index in [1.807, 2.05) is 30.3 Å². The van der Waals surface area contributed by atoms with Crippen LogP contribution in [-0.2, 0) is 14.3 Å². The lowest BCUT2D eigenvalue weighted by Gasteiger charge is -2.30. The number of morpholine rings is 1. The van der Waals surface area contributed by atoms with E-state index in [1.54, 1.807) is 4.90 Å². The number of nitriles is 1. The van der Waals surface area contributed by atoms with Gasteiger partial charge in [-0.15, -0.1) is 0 Å². The highest BCUT2D eigenvalue weighted by Gasteiger charge is 2.22. The average molecular weight is 372 g/mol. The minimum absolute atomic E-state index is 0.0545. The Morgan fingerprint density at radius 3 is 2.59 bits per heavy atom. The molecule has 2 rings (SSSR count). The van der Waals surface area contributed by atoms with Gasteiger partial charge in [0.25, 0.3) is 0 Å². The smallest absolute Gasteiger partial charge is 0.225 e. The van der Waals surface area contributed by atoms with Crippen molar-refractivity contribution in [2.24, 2.45) is 0 Å². The summed E-state index contributed by atoms with van der Waals surface area (Å²) >= 11 is 0. The summed E-state index contributed by atoms with van der Waals surface area (Å²) in [5.41, 5.74) is 0.898. The number of rotatable bonds is 9. The van der Waals surface area contributed by atoms with Gasteiger partial charge in [-0.3, -0.25) is 14.5 Å². The molecular weight excluding hydrogens is 344 g/mol. The molecular formula is C20H28N4O3. The fourth-order valence-corrected chi connectivity index (χ4v) is 3.12. The van der Waals surface area contributed by atoms with Gasteiger partial charge in [-0.25, -0.2) is 0 Å². The van der Waals surface area contributed by atoms with Crippen molar-refractivity contribution < 1.29 is 14.3 Å². The van der Waals surface area contributed by atoms with Crippen LogP contribution in [0.15, 0.2) is 30.3 Å². The second-order valence-corrected chi connectivity index (χ2v) is 6.61. The molecule has 0 spiro atoms. The zero-order valence-electron chi connectivity index (χ0n) is 15.9. The first-order valence-electron chi connectivity index (χ1n) is 9.37. The number of amides is 2. The molecule has 0 aromatic heterocycles. The summed E-state index contributed by atoms with van der Waals surface area (Å²) in [5.74, 6) is -0.227. The van der Waals surface area contributed by atoms with Gasteiger partial charge in [0.2, 0.25) is 11.8 Å². The van der Waals surface area contributed by atoms with Crippen LogP contribution >= 0.6 is 0 Å².